The first kappa shape index (κ1) is 18.2. The second-order valence-electron chi connectivity index (χ2n) is 5.24. The fourth-order valence-corrected chi connectivity index (χ4v) is 3.61. The molecule has 0 unspecified atom stereocenters. The molecule has 26 heavy (non-hydrogen) atoms. The van der Waals surface area contributed by atoms with Gasteiger partial charge in [-0.1, -0.05) is 6.07 Å². The Morgan fingerprint density at radius 3 is 2.54 bits per heavy atom. The molecular formula is C16H13F2N3O3S2. The molecule has 0 saturated carbocycles. The van der Waals surface area contributed by atoms with Crippen LogP contribution >= 0.6 is 11.3 Å². The number of thiophene rings is 1. The molecule has 10 heteroatoms. The summed E-state index contributed by atoms with van der Waals surface area (Å²) in [5.41, 5.74) is 0.141. The minimum atomic E-state index is -4.68. The van der Waals surface area contributed by atoms with Crippen molar-refractivity contribution in [3.8, 4) is 0 Å². The van der Waals surface area contributed by atoms with Crippen molar-refractivity contribution in [3.05, 3.63) is 64.5 Å². The van der Waals surface area contributed by atoms with E-state index in [1.54, 1.807) is 28.3 Å². The summed E-state index contributed by atoms with van der Waals surface area (Å²) in [5.74, 6) is -3.54. The molecule has 2 heterocycles. The molecule has 0 aliphatic heterocycles. The van der Waals surface area contributed by atoms with Crippen molar-refractivity contribution in [2.45, 2.75) is 17.2 Å². The van der Waals surface area contributed by atoms with Gasteiger partial charge in [-0.2, -0.15) is 13.9 Å². The van der Waals surface area contributed by atoms with Gasteiger partial charge in [0.2, 0.25) is 9.84 Å². The Morgan fingerprint density at radius 2 is 1.92 bits per heavy atom. The second-order valence-corrected chi connectivity index (χ2v) is 8.19. The third kappa shape index (κ3) is 3.81. The zero-order valence-electron chi connectivity index (χ0n) is 13.2. The van der Waals surface area contributed by atoms with Crippen molar-refractivity contribution in [2.75, 3.05) is 5.32 Å². The number of benzene rings is 1. The second kappa shape index (κ2) is 7.34. The van der Waals surface area contributed by atoms with Crippen LogP contribution in [-0.4, -0.2) is 29.9 Å². The van der Waals surface area contributed by atoms with Crippen LogP contribution in [0.5, 0.6) is 0 Å². The number of carbonyl (C=O) groups is 1. The number of anilines is 1. The summed E-state index contributed by atoms with van der Waals surface area (Å²) in [6.07, 6.45) is 1.54. The molecular weight excluding hydrogens is 384 g/mol. The average molecular weight is 397 g/mol. The molecule has 136 valence electrons. The molecule has 0 spiro atoms. The molecule has 0 radical (unpaired) electrons. The maximum absolute atomic E-state index is 12.5. The zero-order chi connectivity index (χ0) is 18.7. The molecule has 3 rings (SSSR count). The molecule has 3 aromatic rings. The quantitative estimate of drug-likeness (QED) is 0.692. The van der Waals surface area contributed by atoms with Crippen molar-refractivity contribution in [2.24, 2.45) is 0 Å². The molecule has 6 nitrogen and oxygen atoms in total. The van der Waals surface area contributed by atoms with E-state index in [9.17, 15) is 22.0 Å². The number of amides is 1. The van der Waals surface area contributed by atoms with Gasteiger partial charge in [-0.15, -0.1) is 11.3 Å². The van der Waals surface area contributed by atoms with Gasteiger partial charge >= 0.3 is 5.76 Å². The summed E-state index contributed by atoms with van der Waals surface area (Å²) in [5, 5.41) is 8.75. The molecule has 1 N–H and O–H groups in total. The van der Waals surface area contributed by atoms with Gasteiger partial charge in [-0.05, 0) is 35.7 Å². The monoisotopic (exact) mass is 397 g/mol. The van der Waals surface area contributed by atoms with E-state index in [1.165, 1.54) is 12.1 Å². The highest BCUT2D eigenvalue weighted by Gasteiger charge is 2.26. The lowest BCUT2D eigenvalue weighted by molar-refractivity contribution is 0.102. The van der Waals surface area contributed by atoms with Crippen molar-refractivity contribution in [1.82, 2.24) is 9.78 Å². The number of hydrogen-bond acceptors (Lipinski definition) is 5. The Kier molecular flexibility index (Phi) is 5.14. The highest BCUT2D eigenvalue weighted by molar-refractivity contribution is 7.91. The summed E-state index contributed by atoms with van der Waals surface area (Å²) in [6, 6.07) is 9.83. The molecule has 0 saturated heterocycles. The fourth-order valence-electron chi connectivity index (χ4n) is 2.20. The van der Waals surface area contributed by atoms with Crippen LogP contribution in [0, 0.1) is 0 Å². The standard InChI is InChI=1S/C16H13F2N3O3S2/c17-16(18)26(23,24)13-5-3-11(4-6-13)15(22)20-14-7-8-19-21(14)10-12-2-1-9-25-12/h1-9,16H,10H2,(H,20,22). The highest BCUT2D eigenvalue weighted by atomic mass is 32.2. The van der Waals surface area contributed by atoms with Gasteiger partial charge in [0.15, 0.2) is 0 Å². The molecule has 1 amide bonds. The molecule has 0 fully saturated rings. The lowest BCUT2D eigenvalue weighted by Crippen LogP contribution is -2.16. The summed E-state index contributed by atoms with van der Waals surface area (Å²) in [4.78, 5) is 12.8. The van der Waals surface area contributed by atoms with Crippen LogP contribution in [0.1, 0.15) is 15.2 Å². The Labute approximate surface area is 152 Å². The van der Waals surface area contributed by atoms with Crippen molar-refractivity contribution in [1.29, 1.82) is 0 Å². The van der Waals surface area contributed by atoms with E-state index in [-0.39, 0.29) is 5.56 Å². The van der Waals surface area contributed by atoms with E-state index in [0.717, 1.165) is 17.0 Å². The molecule has 0 atom stereocenters. The summed E-state index contributed by atoms with van der Waals surface area (Å²) in [6.45, 7) is 0.492. The summed E-state index contributed by atoms with van der Waals surface area (Å²) in [7, 11) is -4.68. The molecule has 2 aromatic heterocycles. The van der Waals surface area contributed by atoms with Crippen LogP contribution in [0.2, 0.25) is 0 Å². The largest absolute Gasteiger partial charge is 0.341 e. The van der Waals surface area contributed by atoms with Crippen molar-refractivity contribution < 1.29 is 22.0 Å². The molecule has 1 aromatic carbocycles. The van der Waals surface area contributed by atoms with Gasteiger partial charge in [0.05, 0.1) is 17.6 Å². The van der Waals surface area contributed by atoms with E-state index < -0.39 is 26.4 Å². The minimum Gasteiger partial charge on any atom is -0.307 e. The van der Waals surface area contributed by atoms with Crippen LogP contribution in [-0.2, 0) is 16.4 Å². The number of nitrogens with zero attached hydrogens (tertiary/aromatic N) is 2. The maximum Gasteiger partial charge on any atom is 0.341 e. The first-order valence-corrected chi connectivity index (χ1v) is 9.78. The average Bonchev–Trinajstić information content (AvgIpc) is 3.28. The number of rotatable bonds is 6. The highest BCUT2D eigenvalue weighted by Crippen LogP contribution is 2.19. The number of aromatic nitrogens is 2. The van der Waals surface area contributed by atoms with Crippen LogP contribution < -0.4 is 5.32 Å². The fraction of sp³-hybridized carbons (Fsp3) is 0.125. The van der Waals surface area contributed by atoms with Crippen LogP contribution in [0.25, 0.3) is 0 Å². The Morgan fingerprint density at radius 1 is 1.19 bits per heavy atom. The predicted molar refractivity (Wildman–Crippen MR) is 93.2 cm³/mol. The van der Waals surface area contributed by atoms with E-state index in [2.05, 4.69) is 10.4 Å². The summed E-state index contributed by atoms with van der Waals surface area (Å²) >= 11 is 1.56. The number of nitrogens with one attached hydrogen (secondary N) is 1. The third-order valence-corrected chi connectivity index (χ3v) is 5.78. The smallest absolute Gasteiger partial charge is 0.307 e. The van der Waals surface area contributed by atoms with Gasteiger partial charge in [0.1, 0.15) is 5.82 Å². The Bertz CT molecular complexity index is 998. The van der Waals surface area contributed by atoms with Gasteiger partial charge in [0.25, 0.3) is 5.91 Å². The van der Waals surface area contributed by atoms with Gasteiger partial charge in [0, 0.05) is 16.5 Å². The van der Waals surface area contributed by atoms with E-state index in [4.69, 9.17) is 0 Å². The van der Waals surface area contributed by atoms with Crippen molar-refractivity contribution in [3.63, 3.8) is 0 Å². The normalized spacial score (nSPS) is 11.7. The maximum atomic E-state index is 12.5. The van der Waals surface area contributed by atoms with Crippen LogP contribution in [0.15, 0.2) is 58.9 Å². The third-order valence-electron chi connectivity index (χ3n) is 3.52. The number of sulfone groups is 1. The van der Waals surface area contributed by atoms with E-state index in [1.807, 2.05) is 17.5 Å². The van der Waals surface area contributed by atoms with Gasteiger partial charge < -0.3 is 5.32 Å². The van der Waals surface area contributed by atoms with Crippen molar-refractivity contribution >= 4 is 32.9 Å². The summed E-state index contributed by atoms with van der Waals surface area (Å²) < 4.78 is 49.5. The van der Waals surface area contributed by atoms with Crippen LogP contribution in [0.3, 0.4) is 0 Å². The number of halogens is 2. The predicted octanol–water partition coefficient (Wildman–Crippen LogP) is 3.24. The molecule has 0 aliphatic carbocycles. The number of carbonyl (C=O) groups excluding carboxylic acids is 1. The molecule has 0 bridgehead atoms. The zero-order valence-corrected chi connectivity index (χ0v) is 14.8. The van der Waals surface area contributed by atoms with Crippen LogP contribution in [0.4, 0.5) is 14.6 Å². The van der Waals surface area contributed by atoms with E-state index in [0.29, 0.717) is 12.4 Å². The Balaban J connectivity index is 1.74. The Hall–Kier alpha value is -2.59. The first-order chi connectivity index (χ1) is 12.4. The topological polar surface area (TPSA) is 81.1 Å². The van der Waals surface area contributed by atoms with E-state index >= 15 is 0 Å². The minimum absolute atomic E-state index is 0.141. The lowest BCUT2D eigenvalue weighted by Gasteiger charge is -2.09. The van der Waals surface area contributed by atoms with Gasteiger partial charge in [-0.25, -0.2) is 13.1 Å². The van der Waals surface area contributed by atoms with Gasteiger partial charge in [-0.3, -0.25) is 4.79 Å². The first-order valence-electron chi connectivity index (χ1n) is 7.35. The number of alkyl halides is 2. The number of hydrogen-bond donors (Lipinski definition) is 1. The lowest BCUT2D eigenvalue weighted by atomic mass is 10.2. The SMILES string of the molecule is O=C(Nc1ccnn1Cc1cccs1)c1ccc(S(=O)(=O)C(F)F)cc1. The molecule has 0 aliphatic rings.